The number of hydrogen-bond acceptors (Lipinski definition) is 4. The molecule has 4 aromatic rings. The van der Waals surface area contributed by atoms with Crippen molar-refractivity contribution in [3.8, 4) is 22.5 Å². The largest absolute Gasteiger partial charge is 0.376 e. The summed E-state index contributed by atoms with van der Waals surface area (Å²) >= 11 is 0. The van der Waals surface area contributed by atoms with Crippen molar-refractivity contribution in [2.45, 2.75) is 18.9 Å². The van der Waals surface area contributed by atoms with Crippen LogP contribution in [0.5, 0.6) is 0 Å². The molecule has 1 fully saturated rings. The average Bonchev–Trinajstić information content (AvgIpc) is 3.43. The van der Waals surface area contributed by atoms with Gasteiger partial charge in [-0.2, -0.15) is 9.61 Å². The predicted octanol–water partition coefficient (Wildman–Crippen LogP) is 4.79. The lowest BCUT2D eigenvalue weighted by Crippen LogP contribution is -2.20. The third-order valence-electron chi connectivity index (χ3n) is 5.17. The molecular formula is C23H21FN4O. The lowest BCUT2D eigenvalue weighted by molar-refractivity contribution is 0.120. The molecule has 3 heterocycles. The number of ether oxygens (including phenoxy) is 1. The van der Waals surface area contributed by atoms with Crippen molar-refractivity contribution in [1.29, 1.82) is 0 Å². The van der Waals surface area contributed by atoms with Crippen molar-refractivity contribution in [3.63, 3.8) is 0 Å². The molecule has 1 aliphatic rings. The van der Waals surface area contributed by atoms with Crippen LogP contribution in [0.25, 0.3) is 28.2 Å². The van der Waals surface area contributed by atoms with Crippen molar-refractivity contribution in [3.05, 3.63) is 72.5 Å². The fourth-order valence-electron chi connectivity index (χ4n) is 3.64. The zero-order valence-corrected chi connectivity index (χ0v) is 15.9. The van der Waals surface area contributed by atoms with E-state index in [1.165, 1.54) is 12.1 Å². The standard InChI is InChI=1S/C23H21FN4O/c24-18-10-8-17(9-11-18)21-14-23-26-20(16-5-2-1-3-6-16)13-22(28(23)27-21)25-15-19-7-4-12-29-19/h1-3,5-6,8-11,13-14,19,25H,4,7,12,15H2. The van der Waals surface area contributed by atoms with Crippen LogP contribution in [0, 0.1) is 5.82 Å². The molecule has 29 heavy (non-hydrogen) atoms. The monoisotopic (exact) mass is 388 g/mol. The molecule has 5 nitrogen and oxygen atoms in total. The normalized spacial score (nSPS) is 16.4. The highest BCUT2D eigenvalue weighted by Gasteiger charge is 2.17. The van der Waals surface area contributed by atoms with Gasteiger partial charge in [0.15, 0.2) is 5.65 Å². The van der Waals surface area contributed by atoms with Gasteiger partial charge >= 0.3 is 0 Å². The maximum absolute atomic E-state index is 13.3. The molecule has 2 aromatic carbocycles. The highest BCUT2D eigenvalue weighted by atomic mass is 19.1. The third kappa shape index (κ3) is 3.71. The fraction of sp³-hybridized carbons (Fsp3) is 0.217. The van der Waals surface area contributed by atoms with Gasteiger partial charge in [0.05, 0.1) is 17.5 Å². The summed E-state index contributed by atoms with van der Waals surface area (Å²) in [6, 6.07) is 20.4. The quantitative estimate of drug-likeness (QED) is 0.534. The first-order valence-electron chi connectivity index (χ1n) is 9.84. The van der Waals surface area contributed by atoms with Crippen LogP contribution in [0.2, 0.25) is 0 Å². The van der Waals surface area contributed by atoms with Crippen LogP contribution < -0.4 is 5.32 Å². The maximum Gasteiger partial charge on any atom is 0.158 e. The van der Waals surface area contributed by atoms with Crippen molar-refractivity contribution in [2.24, 2.45) is 0 Å². The number of nitrogens with one attached hydrogen (secondary N) is 1. The summed E-state index contributed by atoms with van der Waals surface area (Å²) in [4.78, 5) is 4.80. The number of anilines is 1. The summed E-state index contributed by atoms with van der Waals surface area (Å²) in [6.45, 7) is 1.54. The summed E-state index contributed by atoms with van der Waals surface area (Å²) in [5, 5.41) is 8.21. The Kier molecular flexibility index (Phi) is 4.69. The van der Waals surface area contributed by atoms with E-state index in [0.29, 0.717) is 0 Å². The molecule has 5 rings (SSSR count). The molecule has 1 unspecified atom stereocenters. The SMILES string of the molecule is Fc1ccc(-c2cc3nc(-c4ccccc4)cc(NCC4CCCO4)n3n2)cc1. The molecule has 0 spiro atoms. The Labute approximate surface area is 168 Å². The fourth-order valence-corrected chi connectivity index (χ4v) is 3.64. The van der Waals surface area contributed by atoms with E-state index in [4.69, 9.17) is 14.8 Å². The summed E-state index contributed by atoms with van der Waals surface area (Å²) in [7, 11) is 0. The Morgan fingerprint density at radius 1 is 1.00 bits per heavy atom. The van der Waals surface area contributed by atoms with Gasteiger partial charge in [-0.3, -0.25) is 0 Å². The summed E-state index contributed by atoms with van der Waals surface area (Å²) in [5.74, 6) is 0.596. The second-order valence-electron chi connectivity index (χ2n) is 7.22. The first-order valence-corrected chi connectivity index (χ1v) is 9.84. The lowest BCUT2D eigenvalue weighted by Gasteiger charge is -2.14. The number of halogens is 1. The number of aromatic nitrogens is 3. The van der Waals surface area contributed by atoms with Crippen LogP contribution >= 0.6 is 0 Å². The van der Waals surface area contributed by atoms with Crippen molar-refractivity contribution in [1.82, 2.24) is 14.6 Å². The van der Waals surface area contributed by atoms with Gasteiger partial charge < -0.3 is 10.1 Å². The van der Waals surface area contributed by atoms with Gasteiger partial charge in [-0.1, -0.05) is 30.3 Å². The highest BCUT2D eigenvalue weighted by Crippen LogP contribution is 2.26. The predicted molar refractivity (Wildman–Crippen MR) is 111 cm³/mol. The van der Waals surface area contributed by atoms with Gasteiger partial charge in [-0.05, 0) is 37.1 Å². The van der Waals surface area contributed by atoms with E-state index in [0.717, 1.165) is 60.0 Å². The van der Waals surface area contributed by atoms with Crippen LogP contribution in [-0.2, 0) is 4.74 Å². The highest BCUT2D eigenvalue weighted by molar-refractivity contribution is 5.70. The van der Waals surface area contributed by atoms with Gasteiger partial charge in [0, 0.05) is 36.4 Å². The third-order valence-corrected chi connectivity index (χ3v) is 5.17. The maximum atomic E-state index is 13.3. The molecule has 1 saturated heterocycles. The number of hydrogen-bond donors (Lipinski definition) is 1. The molecule has 2 aromatic heterocycles. The Morgan fingerprint density at radius 3 is 2.55 bits per heavy atom. The molecule has 1 N–H and O–H groups in total. The molecule has 0 amide bonds. The first kappa shape index (κ1) is 17.8. The Balaban J connectivity index is 1.57. The van der Waals surface area contributed by atoms with Crippen LogP contribution in [-0.4, -0.2) is 33.9 Å². The van der Waals surface area contributed by atoms with Crippen LogP contribution in [0.4, 0.5) is 10.2 Å². The van der Waals surface area contributed by atoms with Crippen LogP contribution in [0.15, 0.2) is 66.7 Å². The van der Waals surface area contributed by atoms with Crippen LogP contribution in [0.1, 0.15) is 12.8 Å². The zero-order valence-electron chi connectivity index (χ0n) is 15.9. The van der Waals surface area contributed by atoms with Crippen molar-refractivity contribution >= 4 is 11.5 Å². The zero-order chi connectivity index (χ0) is 19.6. The minimum absolute atomic E-state index is 0.213. The van der Waals surface area contributed by atoms with Gasteiger partial charge in [0.2, 0.25) is 0 Å². The smallest absolute Gasteiger partial charge is 0.158 e. The summed E-state index contributed by atoms with van der Waals surface area (Å²) in [5.41, 5.74) is 4.25. The molecule has 146 valence electrons. The molecule has 0 saturated carbocycles. The Bertz CT molecular complexity index is 1120. The number of benzene rings is 2. The van der Waals surface area contributed by atoms with Crippen molar-refractivity contribution < 1.29 is 9.13 Å². The molecule has 0 bridgehead atoms. The minimum Gasteiger partial charge on any atom is -0.376 e. The van der Waals surface area contributed by atoms with Gasteiger partial charge in [0.1, 0.15) is 11.6 Å². The number of fused-ring (bicyclic) bond motifs is 1. The van der Waals surface area contributed by atoms with Gasteiger partial charge in [-0.25, -0.2) is 9.37 Å². The molecule has 1 atom stereocenters. The molecule has 0 aliphatic carbocycles. The van der Waals surface area contributed by atoms with E-state index in [1.54, 1.807) is 16.6 Å². The first-order chi connectivity index (χ1) is 14.3. The molecule has 0 radical (unpaired) electrons. The van der Waals surface area contributed by atoms with E-state index in [2.05, 4.69) is 5.32 Å². The number of rotatable bonds is 5. The minimum atomic E-state index is -0.263. The van der Waals surface area contributed by atoms with E-state index in [1.807, 2.05) is 42.5 Å². The Hall–Kier alpha value is -3.25. The Morgan fingerprint density at radius 2 is 1.79 bits per heavy atom. The lowest BCUT2D eigenvalue weighted by atomic mass is 10.1. The van der Waals surface area contributed by atoms with Crippen molar-refractivity contribution in [2.75, 3.05) is 18.5 Å². The molecular weight excluding hydrogens is 367 g/mol. The molecule has 1 aliphatic heterocycles. The van der Waals surface area contributed by atoms with E-state index in [-0.39, 0.29) is 11.9 Å². The van der Waals surface area contributed by atoms with E-state index in [9.17, 15) is 4.39 Å². The molecule has 6 heteroatoms. The average molecular weight is 388 g/mol. The van der Waals surface area contributed by atoms with E-state index < -0.39 is 0 Å². The number of nitrogens with zero attached hydrogens (tertiary/aromatic N) is 3. The van der Waals surface area contributed by atoms with Gasteiger partial charge in [0.25, 0.3) is 0 Å². The second kappa shape index (κ2) is 7.64. The summed E-state index contributed by atoms with van der Waals surface area (Å²) < 4.78 is 20.8. The summed E-state index contributed by atoms with van der Waals surface area (Å²) in [6.07, 6.45) is 2.38. The topological polar surface area (TPSA) is 51.5 Å². The second-order valence-corrected chi connectivity index (χ2v) is 7.22. The van der Waals surface area contributed by atoms with Crippen LogP contribution in [0.3, 0.4) is 0 Å². The van der Waals surface area contributed by atoms with E-state index >= 15 is 0 Å². The van der Waals surface area contributed by atoms with Gasteiger partial charge in [-0.15, -0.1) is 0 Å².